The zero-order valence-corrected chi connectivity index (χ0v) is 22.2. The SMILES string of the molecule is CC[C@H](N=C1NC(=O)CN[C@H]1CCC(C)=O)C(=O)N1CC(=O)NC(=N[C@H](C)C(C)C)[C@@H]1CC(C)C. The van der Waals surface area contributed by atoms with Crippen LogP contribution < -0.4 is 16.0 Å². The van der Waals surface area contributed by atoms with Crippen molar-refractivity contribution in [3.63, 3.8) is 0 Å². The van der Waals surface area contributed by atoms with Crippen LogP contribution >= 0.6 is 0 Å². The maximum Gasteiger partial charge on any atom is 0.248 e. The summed E-state index contributed by atoms with van der Waals surface area (Å²) < 4.78 is 0. The fraction of sp³-hybridized carbons (Fsp3) is 0.760. The van der Waals surface area contributed by atoms with Gasteiger partial charge in [-0.25, -0.2) is 0 Å². The molecule has 0 aliphatic carbocycles. The second-order valence-electron chi connectivity index (χ2n) is 10.3. The first-order valence-electron chi connectivity index (χ1n) is 12.7. The quantitative estimate of drug-likeness (QED) is 0.426. The summed E-state index contributed by atoms with van der Waals surface area (Å²) in [6.45, 7) is 13.7. The van der Waals surface area contributed by atoms with Gasteiger partial charge in [0, 0.05) is 6.42 Å². The number of carbonyl (C=O) groups is 4. The van der Waals surface area contributed by atoms with Gasteiger partial charge in [-0.2, -0.15) is 0 Å². The average Bonchev–Trinajstić information content (AvgIpc) is 2.77. The predicted octanol–water partition coefficient (Wildman–Crippen LogP) is 1.44. The third-order valence-electron chi connectivity index (χ3n) is 6.42. The number of aliphatic imine (C=N–C) groups is 2. The van der Waals surface area contributed by atoms with Gasteiger partial charge in [0.25, 0.3) is 0 Å². The molecule has 0 unspecified atom stereocenters. The lowest BCUT2D eigenvalue weighted by atomic mass is 9.97. The Morgan fingerprint density at radius 2 is 1.69 bits per heavy atom. The Labute approximate surface area is 208 Å². The molecule has 35 heavy (non-hydrogen) atoms. The van der Waals surface area contributed by atoms with E-state index in [2.05, 4.69) is 48.6 Å². The maximum absolute atomic E-state index is 13.8. The van der Waals surface area contributed by atoms with Crippen LogP contribution in [0, 0.1) is 11.8 Å². The summed E-state index contributed by atoms with van der Waals surface area (Å²) in [7, 11) is 0. The molecule has 2 aliphatic rings. The number of amidine groups is 2. The highest BCUT2D eigenvalue weighted by Gasteiger charge is 2.39. The minimum Gasteiger partial charge on any atom is -0.321 e. The third kappa shape index (κ3) is 8.23. The van der Waals surface area contributed by atoms with Crippen molar-refractivity contribution < 1.29 is 19.2 Å². The molecule has 2 rings (SSSR count). The van der Waals surface area contributed by atoms with E-state index >= 15 is 0 Å². The molecule has 0 bridgehead atoms. The Morgan fingerprint density at radius 3 is 2.26 bits per heavy atom. The minimum absolute atomic E-state index is 0.0113. The molecule has 2 aliphatic heterocycles. The minimum atomic E-state index is -0.769. The van der Waals surface area contributed by atoms with Crippen molar-refractivity contribution in [1.82, 2.24) is 20.9 Å². The molecular formula is C25H42N6O4. The van der Waals surface area contributed by atoms with E-state index in [0.717, 1.165) is 0 Å². The van der Waals surface area contributed by atoms with Crippen LogP contribution in [0.25, 0.3) is 0 Å². The number of ketones is 1. The summed E-state index contributed by atoms with van der Waals surface area (Å²) in [6.07, 6.45) is 1.88. The van der Waals surface area contributed by atoms with Gasteiger partial charge < -0.3 is 20.3 Å². The van der Waals surface area contributed by atoms with E-state index in [1.54, 1.807) is 4.90 Å². The molecule has 0 aromatic rings. The van der Waals surface area contributed by atoms with Gasteiger partial charge in [-0.15, -0.1) is 0 Å². The monoisotopic (exact) mass is 490 g/mol. The van der Waals surface area contributed by atoms with Crippen LogP contribution in [0.3, 0.4) is 0 Å². The number of hydrogen-bond acceptors (Lipinski definition) is 7. The molecule has 2 heterocycles. The number of nitrogens with one attached hydrogen (secondary N) is 3. The van der Waals surface area contributed by atoms with Crippen molar-refractivity contribution >= 4 is 35.2 Å². The summed E-state index contributed by atoms with van der Waals surface area (Å²) in [5.41, 5.74) is 0. The van der Waals surface area contributed by atoms with Crippen molar-refractivity contribution in [1.29, 1.82) is 0 Å². The summed E-state index contributed by atoms with van der Waals surface area (Å²) >= 11 is 0. The molecule has 0 saturated carbocycles. The molecule has 0 aromatic carbocycles. The number of rotatable bonds is 10. The van der Waals surface area contributed by atoms with Crippen LogP contribution in [-0.2, 0) is 19.2 Å². The van der Waals surface area contributed by atoms with Crippen molar-refractivity contribution in [3.05, 3.63) is 0 Å². The highest BCUT2D eigenvalue weighted by molar-refractivity contribution is 6.08. The molecular weight excluding hydrogens is 448 g/mol. The second kappa shape index (κ2) is 12.9. The van der Waals surface area contributed by atoms with Crippen LogP contribution in [0.15, 0.2) is 9.98 Å². The molecule has 4 atom stereocenters. The van der Waals surface area contributed by atoms with E-state index in [1.165, 1.54) is 6.92 Å². The van der Waals surface area contributed by atoms with Gasteiger partial charge in [0.1, 0.15) is 30.0 Å². The number of piperazine rings is 2. The van der Waals surface area contributed by atoms with Gasteiger partial charge in [-0.3, -0.25) is 29.7 Å². The van der Waals surface area contributed by atoms with E-state index in [0.29, 0.717) is 37.4 Å². The summed E-state index contributed by atoms with van der Waals surface area (Å²) in [6, 6.07) is -1.46. The predicted molar refractivity (Wildman–Crippen MR) is 136 cm³/mol. The first-order chi connectivity index (χ1) is 16.4. The van der Waals surface area contributed by atoms with Crippen LogP contribution in [0.4, 0.5) is 0 Å². The fourth-order valence-corrected chi connectivity index (χ4v) is 4.06. The lowest BCUT2D eigenvalue weighted by molar-refractivity contribution is -0.139. The van der Waals surface area contributed by atoms with E-state index in [9.17, 15) is 19.2 Å². The van der Waals surface area contributed by atoms with E-state index in [4.69, 9.17) is 4.99 Å². The molecule has 10 nitrogen and oxygen atoms in total. The number of carbonyl (C=O) groups excluding carboxylic acids is 4. The highest BCUT2D eigenvalue weighted by Crippen LogP contribution is 2.20. The molecule has 10 heteroatoms. The first kappa shape index (κ1) is 28.6. The van der Waals surface area contributed by atoms with Crippen LogP contribution in [0.1, 0.15) is 74.1 Å². The number of Topliss-reactive ketones (excluding diaryl/α,β-unsaturated/α-hetero) is 1. The Bertz CT molecular complexity index is 866. The Balaban J connectivity index is 2.38. The van der Waals surface area contributed by atoms with Gasteiger partial charge in [-0.05, 0) is 44.9 Å². The fourth-order valence-electron chi connectivity index (χ4n) is 4.06. The second-order valence-corrected chi connectivity index (χ2v) is 10.3. The first-order valence-corrected chi connectivity index (χ1v) is 12.7. The maximum atomic E-state index is 13.8. The standard InChI is InChI=1S/C25H42N6O4/c1-8-18(28-23-19(10-9-16(6)32)26-12-21(33)29-23)25(35)31-13-22(34)30-24(20(31)11-14(2)3)27-17(7)15(4)5/h14-15,17-20,26H,8-13H2,1-7H3,(H,27,30,34)(H,28,29,33)/t17-,18+,19+,20+/m1/s1. The van der Waals surface area contributed by atoms with Gasteiger partial charge in [0.15, 0.2) is 0 Å². The number of nitrogens with zero attached hydrogens (tertiary/aromatic N) is 3. The topological polar surface area (TPSA) is 132 Å². The molecule has 2 saturated heterocycles. The molecule has 2 fully saturated rings. The lowest BCUT2D eigenvalue weighted by Crippen LogP contribution is -2.62. The van der Waals surface area contributed by atoms with Gasteiger partial charge in [0.2, 0.25) is 17.7 Å². The zero-order chi connectivity index (χ0) is 26.3. The highest BCUT2D eigenvalue weighted by atomic mass is 16.2. The number of amides is 3. The summed E-state index contributed by atoms with van der Waals surface area (Å²) in [4.78, 5) is 60.9. The van der Waals surface area contributed by atoms with Crippen LogP contribution in [-0.4, -0.2) is 77.3 Å². The van der Waals surface area contributed by atoms with Crippen molar-refractivity contribution in [2.24, 2.45) is 21.8 Å². The smallest absolute Gasteiger partial charge is 0.248 e. The lowest BCUT2D eigenvalue weighted by Gasteiger charge is -2.39. The van der Waals surface area contributed by atoms with Crippen LogP contribution in [0.2, 0.25) is 0 Å². The van der Waals surface area contributed by atoms with Gasteiger partial charge >= 0.3 is 0 Å². The van der Waals surface area contributed by atoms with E-state index < -0.39 is 6.04 Å². The normalized spacial score (nSPS) is 25.1. The summed E-state index contributed by atoms with van der Waals surface area (Å²) in [5.74, 6) is 0.717. The molecule has 196 valence electrons. The Kier molecular flexibility index (Phi) is 10.5. The molecule has 0 aromatic heterocycles. The van der Waals surface area contributed by atoms with Crippen LogP contribution in [0.5, 0.6) is 0 Å². The van der Waals surface area contributed by atoms with E-state index in [1.807, 2.05) is 13.8 Å². The Hall–Kier alpha value is -2.62. The van der Waals surface area contributed by atoms with Crippen molar-refractivity contribution in [2.45, 2.75) is 98.3 Å². The largest absolute Gasteiger partial charge is 0.321 e. The van der Waals surface area contributed by atoms with Gasteiger partial charge in [0.05, 0.1) is 24.7 Å². The molecule has 3 N–H and O–H groups in total. The molecule has 3 amide bonds. The third-order valence-corrected chi connectivity index (χ3v) is 6.42. The average molecular weight is 491 g/mol. The van der Waals surface area contributed by atoms with Crippen molar-refractivity contribution in [2.75, 3.05) is 13.1 Å². The van der Waals surface area contributed by atoms with Gasteiger partial charge in [-0.1, -0.05) is 34.6 Å². The number of hydrogen-bond donors (Lipinski definition) is 3. The van der Waals surface area contributed by atoms with Crippen molar-refractivity contribution in [3.8, 4) is 0 Å². The summed E-state index contributed by atoms with van der Waals surface area (Å²) in [5, 5.41) is 8.78. The van der Waals surface area contributed by atoms with E-state index in [-0.39, 0.29) is 66.6 Å². The molecule has 0 radical (unpaired) electrons. The zero-order valence-electron chi connectivity index (χ0n) is 22.2. The Morgan fingerprint density at radius 1 is 1.03 bits per heavy atom. The molecule has 0 spiro atoms.